The third-order valence-corrected chi connectivity index (χ3v) is 4.12. The first-order chi connectivity index (χ1) is 11.1. The van der Waals surface area contributed by atoms with Gasteiger partial charge in [-0.05, 0) is 42.5 Å². The van der Waals surface area contributed by atoms with Crippen molar-refractivity contribution in [3.05, 3.63) is 68.1 Å². The van der Waals surface area contributed by atoms with Crippen LogP contribution >= 0.6 is 39.7 Å². The molecule has 0 amide bonds. The number of aromatic amines is 1. The molecule has 0 atom stereocenters. The van der Waals surface area contributed by atoms with Crippen LogP contribution in [0.4, 0.5) is 4.39 Å². The fourth-order valence-electron chi connectivity index (χ4n) is 1.95. The third-order valence-electron chi connectivity index (χ3n) is 3.04. The van der Waals surface area contributed by atoms with E-state index in [4.69, 9.17) is 23.8 Å². The first-order valence-corrected chi connectivity index (χ1v) is 8.06. The molecule has 0 aliphatic carbocycles. The van der Waals surface area contributed by atoms with Gasteiger partial charge in [0.25, 0.3) is 0 Å². The van der Waals surface area contributed by atoms with Crippen LogP contribution in [-0.2, 0) is 0 Å². The maximum absolute atomic E-state index is 13.8. The van der Waals surface area contributed by atoms with E-state index in [-0.39, 0.29) is 10.6 Å². The fourth-order valence-corrected chi connectivity index (χ4v) is 2.73. The van der Waals surface area contributed by atoms with Crippen molar-refractivity contribution in [1.29, 1.82) is 0 Å². The Hall–Kier alpha value is -1.83. The number of nitrogens with one attached hydrogen (secondary N) is 1. The highest BCUT2D eigenvalue weighted by Gasteiger charge is 2.11. The van der Waals surface area contributed by atoms with Crippen molar-refractivity contribution >= 4 is 46.0 Å². The Kier molecular flexibility index (Phi) is 4.70. The minimum Gasteiger partial charge on any atom is -0.250 e. The van der Waals surface area contributed by atoms with Crippen LogP contribution in [0.25, 0.3) is 11.4 Å². The number of H-pyrrole nitrogens is 1. The Balaban J connectivity index is 2.06. The van der Waals surface area contributed by atoms with Gasteiger partial charge in [0, 0.05) is 15.6 Å². The second-order valence-electron chi connectivity index (χ2n) is 4.55. The smallest absolute Gasteiger partial charge is 0.216 e. The summed E-state index contributed by atoms with van der Waals surface area (Å²) in [6, 6.07) is 11.8. The van der Waals surface area contributed by atoms with Gasteiger partial charge in [0.1, 0.15) is 5.82 Å². The molecular weight excluding hydrogens is 403 g/mol. The quantitative estimate of drug-likeness (QED) is 0.484. The Morgan fingerprint density at radius 2 is 2.09 bits per heavy atom. The van der Waals surface area contributed by atoms with Crippen molar-refractivity contribution in [2.45, 2.75) is 0 Å². The van der Waals surface area contributed by atoms with Gasteiger partial charge in [0.15, 0.2) is 5.82 Å². The number of hydrogen-bond acceptors (Lipinski definition) is 3. The van der Waals surface area contributed by atoms with Crippen molar-refractivity contribution in [2.24, 2.45) is 5.10 Å². The van der Waals surface area contributed by atoms with Crippen LogP contribution in [0.2, 0.25) is 5.02 Å². The summed E-state index contributed by atoms with van der Waals surface area (Å²) in [6.45, 7) is 0. The molecule has 0 unspecified atom stereocenters. The van der Waals surface area contributed by atoms with Crippen LogP contribution in [-0.4, -0.2) is 21.1 Å². The molecule has 0 radical (unpaired) electrons. The molecule has 1 aromatic heterocycles. The number of aromatic nitrogens is 3. The van der Waals surface area contributed by atoms with E-state index >= 15 is 0 Å². The highest BCUT2D eigenvalue weighted by Crippen LogP contribution is 2.26. The van der Waals surface area contributed by atoms with Crippen LogP contribution < -0.4 is 0 Å². The van der Waals surface area contributed by atoms with Gasteiger partial charge in [-0.1, -0.05) is 39.7 Å². The van der Waals surface area contributed by atoms with Gasteiger partial charge in [-0.3, -0.25) is 0 Å². The van der Waals surface area contributed by atoms with E-state index in [1.807, 2.05) is 12.1 Å². The van der Waals surface area contributed by atoms with E-state index in [1.165, 1.54) is 17.0 Å². The second-order valence-corrected chi connectivity index (χ2v) is 6.26. The molecule has 1 heterocycles. The van der Waals surface area contributed by atoms with Gasteiger partial charge >= 0.3 is 0 Å². The number of nitrogens with zero attached hydrogens (tertiary/aromatic N) is 3. The zero-order valence-electron chi connectivity index (χ0n) is 11.5. The summed E-state index contributed by atoms with van der Waals surface area (Å²) >= 11 is 14.7. The standard InChI is InChI=1S/C15H9BrClFN4S/c16-10-5-6-13(18)9(7-10)8-19-22-14(20-21-15(22)23)11-3-1-2-4-12(11)17/h1-8H,(H,21,23)/b19-8+. The van der Waals surface area contributed by atoms with Crippen molar-refractivity contribution in [2.75, 3.05) is 0 Å². The summed E-state index contributed by atoms with van der Waals surface area (Å²) < 4.78 is 16.2. The van der Waals surface area contributed by atoms with Crippen LogP contribution in [0.5, 0.6) is 0 Å². The molecular formula is C15H9BrClFN4S. The highest BCUT2D eigenvalue weighted by molar-refractivity contribution is 9.10. The molecule has 116 valence electrons. The molecule has 0 saturated heterocycles. The monoisotopic (exact) mass is 410 g/mol. The molecule has 0 aliphatic rings. The van der Waals surface area contributed by atoms with Crippen LogP contribution in [0, 0.1) is 10.6 Å². The summed E-state index contributed by atoms with van der Waals surface area (Å²) in [4.78, 5) is 0. The molecule has 2 aromatic carbocycles. The molecule has 0 bridgehead atoms. The third kappa shape index (κ3) is 3.41. The molecule has 3 rings (SSSR count). The van der Waals surface area contributed by atoms with Gasteiger partial charge in [-0.25, -0.2) is 9.49 Å². The number of rotatable bonds is 3. The minimum atomic E-state index is -0.383. The Morgan fingerprint density at radius 3 is 2.87 bits per heavy atom. The number of hydrogen-bond donors (Lipinski definition) is 1. The molecule has 0 spiro atoms. The maximum atomic E-state index is 13.8. The molecule has 1 N–H and O–H groups in total. The van der Waals surface area contributed by atoms with Crippen molar-refractivity contribution in [1.82, 2.24) is 14.9 Å². The van der Waals surface area contributed by atoms with E-state index in [9.17, 15) is 4.39 Å². The first kappa shape index (κ1) is 16.0. The van der Waals surface area contributed by atoms with Crippen LogP contribution in [0.3, 0.4) is 0 Å². The average Bonchev–Trinajstić information content (AvgIpc) is 2.89. The first-order valence-electron chi connectivity index (χ1n) is 6.48. The molecule has 8 heteroatoms. The molecule has 0 aliphatic heterocycles. The zero-order valence-corrected chi connectivity index (χ0v) is 14.7. The van der Waals surface area contributed by atoms with E-state index in [0.29, 0.717) is 22.0 Å². The predicted octanol–water partition coefficient (Wildman–Crippen LogP) is 5.04. The summed E-state index contributed by atoms with van der Waals surface area (Å²) in [5.41, 5.74) is 1.00. The lowest BCUT2D eigenvalue weighted by Gasteiger charge is -2.03. The Bertz CT molecular complexity index is 951. The maximum Gasteiger partial charge on any atom is 0.216 e. The van der Waals surface area contributed by atoms with Crippen molar-refractivity contribution in [3.63, 3.8) is 0 Å². The minimum absolute atomic E-state index is 0.284. The summed E-state index contributed by atoms with van der Waals surface area (Å²) in [6.07, 6.45) is 1.38. The predicted molar refractivity (Wildman–Crippen MR) is 94.9 cm³/mol. The lowest BCUT2D eigenvalue weighted by molar-refractivity contribution is 0.625. The lowest BCUT2D eigenvalue weighted by atomic mass is 10.2. The average molecular weight is 412 g/mol. The van der Waals surface area contributed by atoms with Crippen molar-refractivity contribution < 1.29 is 4.39 Å². The molecule has 4 nitrogen and oxygen atoms in total. The topological polar surface area (TPSA) is 46.0 Å². The van der Waals surface area contributed by atoms with Gasteiger partial charge in [-0.15, -0.1) is 0 Å². The van der Waals surface area contributed by atoms with Crippen molar-refractivity contribution in [3.8, 4) is 11.4 Å². The lowest BCUT2D eigenvalue weighted by Crippen LogP contribution is -1.97. The van der Waals surface area contributed by atoms with Gasteiger partial charge in [0.2, 0.25) is 4.77 Å². The fraction of sp³-hybridized carbons (Fsp3) is 0. The molecule has 3 aromatic rings. The summed E-state index contributed by atoms with van der Waals surface area (Å²) in [7, 11) is 0. The van der Waals surface area contributed by atoms with E-state index < -0.39 is 0 Å². The number of benzene rings is 2. The van der Waals surface area contributed by atoms with Crippen LogP contribution in [0.1, 0.15) is 5.56 Å². The van der Waals surface area contributed by atoms with E-state index in [0.717, 1.165) is 4.47 Å². The van der Waals surface area contributed by atoms with Gasteiger partial charge < -0.3 is 0 Å². The van der Waals surface area contributed by atoms with E-state index in [2.05, 4.69) is 31.2 Å². The summed E-state index contributed by atoms with van der Waals surface area (Å²) in [5.74, 6) is 0.0681. The molecule has 0 fully saturated rings. The Morgan fingerprint density at radius 1 is 1.30 bits per heavy atom. The Labute approximate surface area is 149 Å². The molecule has 0 saturated carbocycles. The number of halogens is 3. The largest absolute Gasteiger partial charge is 0.250 e. The SMILES string of the molecule is Fc1ccc(Br)cc1/C=N/n1c(-c2ccccc2Cl)n[nH]c1=S. The summed E-state index contributed by atoms with van der Waals surface area (Å²) in [5, 5.41) is 11.6. The zero-order chi connectivity index (χ0) is 16.4. The molecule has 23 heavy (non-hydrogen) atoms. The normalized spacial score (nSPS) is 11.3. The van der Waals surface area contributed by atoms with E-state index in [1.54, 1.807) is 24.3 Å². The highest BCUT2D eigenvalue weighted by atomic mass is 79.9. The van der Waals surface area contributed by atoms with Gasteiger partial charge in [0.05, 0.1) is 11.2 Å². The van der Waals surface area contributed by atoms with Crippen LogP contribution in [0.15, 0.2) is 52.0 Å². The second kappa shape index (κ2) is 6.74. The van der Waals surface area contributed by atoms with Gasteiger partial charge in [-0.2, -0.15) is 14.9 Å².